The number of rotatable bonds is 7. The van der Waals surface area contributed by atoms with Gasteiger partial charge in [-0.25, -0.2) is 9.97 Å². The SMILES string of the molecule is Cc1cccc(CNC(=O)c2ccnc(Nc3ccc(OC(C)C)cc3)n2)c1. The quantitative estimate of drug-likeness (QED) is 0.645. The number of amides is 1. The van der Waals surface area contributed by atoms with Gasteiger partial charge in [0, 0.05) is 18.4 Å². The topological polar surface area (TPSA) is 76.1 Å². The van der Waals surface area contributed by atoms with Gasteiger partial charge in [-0.2, -0.15) is 0 Å². The van der Waals surface area contributed by atoms with Crippen molar-refractivity contribution in [3.8, 4) is 5.75 Å². The van der Waals surface area contributed by atoms with Crippen molar-refractivity contribution in [3.63, 3.8) is 0 Å². The summed E-state index contributed by atoms with van der Waals surface area (Å²) in [5, 5.41) is 5.99. The number of aromatic nitrogens is 2. The average molecular weight is 376 g/mol. The molecule has 0 saturated carbocycles. The van der Waals surface area contributed by atoms with Crippen molar-refractivity contribution >= 4 is 17.5 Å². The second kappa shape index (κ2) is 8.99. The maximum atomic E-state index is 12.4. The highest BCUT2D eigenvalue weighted by Crippen LogP contribution is 2.19. The normalized spacial score (nSPS) is 10.6. The molecular weight excluding hydrogens is 352 g/mol. The molecule has 6 nitrogen and oxygen atoms in total. The maximum absolute atomic E-state index is 12.4. The van der Waals surface area contributed by atoms with Gasteiger partial charge in [0.1, 0.15) is 11.4 Å². The van der Waals surface area contributed by atoms with Gasteiger partial charge in [0.05, 0.1) is 6.10 Å². The molecule has 0 spiro atoms. The highest BCUT2D eigenvalue weighted by Gasteiger charge is 2.09. The summed E-state index contributed by atoms with van der Waals surface area (Å²) >= 11 is 0. The Kier molecular flexibility index (Phi) is 6.22. The molecule has 3 rings (SSSR count). The Morgan fingerprint density at radius 1 is 1.11 bits per heavy atom. The van der Waals surface area contributed by atoms with Gasteiger partial charge in [-0.1, -0.05) is 29.8 Å². The molecule has 1 aromatic heterocycles. The summed E-state index contributed by atoms with van der Waals surface area (Å²) in [7, 11) is 0. The Balaban J connectivity index is 1.62. The lowest BCUT2D eigenvalue weighted by Crippen LogP contribution is -2.24. The van der Waals surface area contributed by atoms with Crippen LogP contribution in [-0.2, 0) is 6.54 Å². The van der Waals surface area contributed by atoms with E-state index < -0.39 is 0 Å². The lowest BCUT2D eigenvalue weighted by molar-refractivity contribution is 0.0946. The van der Waals surface area contributed by atoms with E-state index in [4.69, 9.17) is 4.74 Å². The summed E-state index contributed by atoms with van der Waals surface area (Å²) < 4.78 is 5.63. The third-order valence-electron chi connectivity index (χ3n) is 3.91. The van der Waals surface area contributed by atoms with Gasteiger partial charge in [-0.15, -0.1) is 0 Å². The summed E-state index contributed by atoms with van der Waals surface area (Å²) in [6, 6.07) is 17.1. The summed E-state index contributed by atoms with van der Waals surface area (Å²) in [4.78, 5) is 20.9. The zero-order valence-corrected chi connectivity index (χ0v) is 16.3. The molecule has 0 bridgehead atoms. The number of nitrogens with one attached hydrogen (secondary N) is 2. The minimum atomic E-state index is -0.243. The van der Waals surface area contributed by atoms with Crippen molar-refractivity contribution in [2.24, 2.45) is 0 Å². The molecule has 3 aromatic rings. The summed E-state index contributed by atoms with van der Waals surface area (Å²) in [6.07, 6.45) is 1.69. The van der Waals surface area contributed by atoms with Crippen molar-refractivity contribution in [1.29, 1.82) is 0 Å². The molecule has 2 N–H and O–H groups in total. The average Bonchev–Trinajstić information content (AvgIpc) is 2.67. The first-order chi connectivity index (χ1) is 13.5. The fourth-order valence-corrected chi connectivity index (χ4v) is 2.66. The fraction of sp³-hybridized carbons (Fsp3) is 0.227. The van der Waals surface area contributed by atoms with E-state index in [9.17, 15) is 4.79 Å². The Bertz CT molecular complexity index is 939. The van der Waals surface area contributed by atoms with Crippen LogP contribution in [0.1, 0.15) is 35.5 Å². The molecule has 1 heterocycles. The standard InChI is InChI=1S/C22H24N4O2/c1-15(2)28-19-9-7-18(8-10-19)25-22-23-12-11-20(26-22)21(27)24-14-17-6-4-5-16(3)13-17/h4-13,15H,14H2,1-3H3,(H,24,27)(H,23,25,26). The lowest BCUT2D eigenvalue weighted by atomic mass is 10.1. The van der Waals surface area contributed by atoms with E-state index >= 15 is 0 Å². The van der Waals surface area contributed by atoms with E-state index in [-0.39, 0.29) is 12.0 Å². The van der Waals surface area contributed by atoms with E-state index in [1.54, 1.807) is 12.3 Å². The Morgan fingerprint density at radius 2 is 1.89 bits per heavy atom. The van der Waals surface area contributed by atoms with Crippen LogP contribution in [0.3, 0.4) is 0 Å². The van der Waals surface area contributed by atoms with Crippen molar-refractivity contribution in [2.45, 2.75) is 33.4 Å². The molecule has 0 radical (unpaired) electrons. The molecule has 2 aromatic carbocycles. The molecule has 0 aliphatic heterocycles. The van der Waals surface area contributed by atoms with Crippen LogP contribution < -0.4 is 15.4 Å². The van der Waals surface area contributed by atoms with Gasteiger partial charge in [0.25, 0.3) is 5.91 Å². The van der Waals surface area contributed by atoms with Crippen LogP contribution in [0.5, 0.6) is 5.75 Å². The maximum Gasteiger partial charge on any atom is 0.270 e. The Hall–Kier alpha value is -3.41. The molecule has 28 heavy (non-hydrogen) atoms. The molecule has 0 fully saturated rings. The zero-order valence-electron chi connectivity index (χ0n) is 16.3. The van der Waals surface area contributed by atoms with E-state index in [1.807, 2.05) is 69.3 Å². The number of nitrogens with zero attached hydrogens (tertiary/aromatic N) is 2. The second-order valence-corrected chi connectivity index (χ2v) is 6.75. The van der Waals surface area contributed by atoms with Crippen LogP contribution in [0, 0.1) is 6.92 Å². The van der Waals surface area contributed by atoms with Crippen LogP contribution in [0.15, 0.2) is 60.8 Å². The lowest BCUT2D eigenvalue weighted by Gasteiger charge is -2.11. The number of carbonyl (C=O) groups is 1. The predicted octanol–water partition coefficient (Wildman–Crippen LogP) is 4.25. The minimum Gasteiger partial charge on any atom is -0.491 e. The van der Waals surface area contributed by atoms with Crippen molar-refractivity contribution < 1.29 is 9.53 Å². The molecule has 1 amide bonds. The highest BCUT2D eigenvalue weighted by molar-refractivity contribution is 5.92. The molecule has 0 atom stereocenters. The monoisotopic (exact) mass is 376 g/mol. The smallest absolute Gasteiger partial charge is 0.270 e. The van der Waals surface area contributed by atoms with E-state index in [1.165, 1.54) is 0 Å². The molecule has 6 heteroatoms. The van der Waals surface area contributed by atoms with Crippen molar-refractivity contribution in [2.75, 3.05) is 5.32 Å². The van der Waals surface area contributed by atoms with Crippen LogP contribution in [0.2, 0.25) is 0 Å². The number of anilines is 2. The third kappa shape index (κ3) is 5.54. The number of ether oxygens (including phenoxy) is 1. The van der Waals surface area contributed by atoms with Crippen LogP contribution >= 0.6 is 0 Å². The molecular formula is C22H24N4O2. The number of aryl methyl sites for hydroxylation is 1. The van der Waals surface area contributed by atoms with Crippen LogP contribution in [0.25, 0.3) is 0 Å². The first-order valence-corrected chi connectivity index (χ1v) is 9.20. The highest BCUT2D eigenvalue weighted by atomic mass is 16.5. The minimum absolute atomic E-state index is 0.122. The molecule has 144 valence electrons. The molecule has 0 unspecified atom stereocenters. The second-order valence-electron chi connectivity index (χ2n) is 6.75. The number of benzene rings is 2. The van der Waals surface area contributed by atoms with Crippen molar-refractivity contribution in [1.82, 2.24) is 15.3 Å². The van der Waals surface area contributed by atoms with Crippen LogP contribution in [-0.4, -0.2) is 22.0 Å². The fourth-order valence-electron chi connectivity index (χ4n) is 2.66. The van der Waals surface area contributed by atoms with E-state index in [0.717, 1.165) is 22.6 Å². The largest absolute Gasteiger partial charge is 0.491 e. The predicted molar refractivity (Wildman–Crippen MR) is 110 cm³/mol. The zero-order chi connectivity index (χ0) is 19.9. The van der Waals surface area contributed by atoms with Gasteiger partial charge in [-0.05, 0) is 56.7 Å². The van der Waals surface area contributed by atoms with Crippen molar-refractivity contribution in [3.05, 3.63) is 77.6 Å². The summed E-state index contributed by atoms with van der Waals surface area (Å²) in [5.41, 5.74) is 3.33. The molecule has 0 aliphatic carbocycles. The first-order valence-electron chi connectivity index (χ1n) is 9.20. The van der Waals surface area contributed by atoms with E-state index in [0.29, 0.717) is 18.2 Å². The van der Waals surface area contributed by atoms with Crippen LogP contribution in [0.4, 0.5) is 11.6 Å². The number of hydrogen-bond donors (Lipinski definition) is 2. The van der Waals surface area contributed by atoms with Gasteiger partial charge in [0.2, 0.25) is 5.95 Å². The van der Waals surface area contributed by atoms with Gasteiger partial charge < -0.3 is 15.4 Å². The summed E-state index contributed by atoms with van der Waals surface area (Å²) in [6.45, 7) is 6.44. The third-order valence-corrected chi connectivity index (χ3v) is 3.91. The van der Waals surface area contributed by atoms with Gasteiger partial charge in [-0.3, -0.25) is 4.79 Å². The Labute approximate surface area is 165 Å². The number of hydrogen-bond acceptors (Lipinski definition) is 5. The van der Waals surface area contributed by atoms with Gasteiger partial charge in [0.15, 0.2) is 0 Å². The Morgan fingerprint density at radius 3 is 2.61 bits per heavy atom. The van der Waals surface area contributed by atoms with E-state index in [2.05, 4.69) is 20.6 Å². The summed E-state index contributed by atoms with van der Waals surface area (Å²) in [5.74, 6) is 0.916. The first kappa shape index (κ1) is 19.4. The molecule has 0 aliphatic rings. The number of carbonyl (C=O) groups excluding carboxylic acids is 1. The molecule has 0 saturated heterocycles. The van der Waals surface area contributed by atoms with Gasteiger partial charge >= 0.3 is 0 Å².